The van der Waals surface area contributed by atoms with Gasteiger partial charge in [-0.2, -0.15) is 0 Å². The highest BCUT2D eigenvalue weighted by Gasteiger charge is 2.38. The molecule has 0 atom stereocenters. The Morgan fingerprint density at radius 1 is 1.30 bits per heavy atom. The summed E-state index contributed by atoms with van der Waals surface area (Å²) in [5.41, 5.74) is 1.52. The highest BCUT2D eigenvalue weighted by molar-refractivity contribution is 9.10. The first-order valence-electron chi connectivity index (χ1n) is 7.34. The Labute approximate surface area is 129 Å². The van der Waals surface area contributed by atoms with Crippen LogP contribution in [0.1, 0.15) is 37.7 Å². The molecule has 110 valence electrons. The van der Waals surface area contributed by atoms with E-state index in [2.05, 4.69) is 50.8 Å². The molecule has 1 fully saturated rings. The van der Waals surface area contributed by atoms with Crippen LogP contribution in [0.25, 0.3) is 0 Å². The zero-order chi connectivity index (χ0) is 14.4. The maximum atomic E-state index is 11.8. The first-order chi connectivity index (χ1) is 9.66. The minimum absolute atomic E-state index is 0.166. The second-order valence-corrected chi connectivity index (χ2v) is 6.54. The van der Waals surface area contributed by atoms with Crippen molar-refractivity contribution in [3.05, 3.63) is 34.3 Å². The van der Waals surface area contributed by atoms with Gasteiger partial charge >= 0.3 is 0 Å². The SMILES string of the molecule is CNCCCC(=O)NCC1(c2ccc(Br)cc2)CCC1. The molecule has 0 bridgehead atoms. The van der Waals surface area contributed by atoms with Crippen molar-refractivity contribution in [2.45, 2.75) is 37.5 Å². The first kappa shape index (κ1) is 15.5. The van der Waals surface area contributed by atoms with E-state index in [1.807, 2.05) is 7.05 Å². The van der Waals surface area contributed by atoms with Gasteiger partial charge in [0.1, 0.15) is 0 Å². The molecule has 0 heterocycles. The first-order valence-corrected chi connectivity index (χ1v) is 8.13. The zero-order valence-corrected chi connectivity index (χ0v) is 13.6. The predicted molar refractivity (Wildman–Crippen MR) is 85.8 cm³/mol. The molecule has 0 saturated heterocycles. The fourth-order valence-corrected chi connectivity index (χ4v) is 3.02. The number of carbonyl (C=O) groups excluding carboxylic acids is 1. The van der Waals surface area contributed by atoms with Crippen LogP contribution in [0.2, 0.25) is 0 Å². The molecule has 1 saturated carbocycles. The number of carbonyl (C=O) groups is 1. The van der Waals surface area contributed by atoms with Gasteiger partial charge in [0, 0.05) is 22.9 Å². The van der Waals surface area contributed by atoms with Crippen molar-refractivity contribution in [1.29, 1.82) is 0 Å². The molecule has 4 heteroatoms. The number of rotatable bonds is 7. The topological polar surface area (TPSA) is 41.1 Å². The Morgan fingerprint density at radius 2 is 2.00 bits per heavy atom. The van der Waals surface area contributed by atoms with Gasteiger partial charge in [-0.1, -0.05) is 34.5 Å². The fraction of sp³-hybridized carbons (Fsp3) is 0.562. The van der Waals surface area contributed by atoms with E-state index in [1.165, 1.54) is 24.8 Å². The van der Waals surface area contributed by atoms with Crippen LogP contribution in [0.15, 0.2) is 28.7 Å². The van der Waals surface area contributed by atoms with E-state index in [0.29, 0.717) is 6.42 Å². The summed E-state index contributed by atoms with van der Waals surface area (Å²) in [4.78, 5) is 11.8. The maximum absolute atomic E-state index is 11.8. The third kappa shape index (κ3) is 3.83. The smallest absolute Gasteiger partial charge is 0.220 e. The van der Waals surface area contributed by atoms with Crippen LogP contribution in [0, 0.1) is 0 Å². The Bertz CT molecular complexity index is 440. The lowest BCUT2D eigenvalue weighted by atomic mass is 9.64. The summed E-state index contributed by atoms with van der Waals surface area (Å²) in [6, 6.07) is 8.53. The normalized spacial score (nSPS) is 16.5. The maximum Gasteiger partial charge on any atom is 0.220 e. The van der Waals surface area contributed by atoms with E-state index >= 15 is 0 Å². The van der Waals surface area contributed by atoms with Crippen molar-refractivity contribution < 1.29 is 4.79 Å². The van der Waals surface area contributed by atoms with Gasteiger partial charge < -0.3 is 10.6 Å². The van der Waals surface area contributed by atoms with Crippen LogP contribution >= 0.6 is 15.9 Å². The van der Waals surface area contributed by atoms with Gasteiger partial charge in [-0.3, -0.25) is 4.79 Å². The molecule has 1 aromatic rings. The lowest BCUT2D eigenvalue weighted by Crippen LogP contribution is -2.45. The molecule has 0 aromatic heterocycles. The third-order valence-corrected chi connectivity index (χ3v) is 4.75. The zero-order valence-electron chi connectivity index (χ0n) is 12.0. The summed E-state index contributed by atoms with van der Waals surface area (Å²) >= 11 is 3.47. The van der Waals surface area contributed by atoms with E-state index < -0.39 is 0 Å². The minimum atomic E-state index is 0.166. The van der Waals surface area contributed by atoms with Crippen molar-refractivity contribution >= 4 is 21.8 Å². The molecule has 2 N–H and O–H groups in total. The van der Waals surface area contributed by atoms with Crippen molar-refractivity contribution in [3.63, 3.8) is 0 Å². The highest BCUT2D eigenvalue weighted by Crippen LogP contribution is 2.43. The Balaban J connectivity index is 1.88. The lowest BCUT2D eigenvalue weighted by molar-refractivity contribution is -0.121. The summed E-state index contributed by atoms with van der Waals surface area (Å²) in [6.07, 6.45) is 5.10. The number of halogens is 1. The van der Waals surface area contributed by atoms with Gasteiger partial charge in [-0.25, -0.2) is 0 Å². The highest BCUT2D eigenvalue weighted by atomic mass is 79.9. The number of nitrogens with one attached hydrogen (secondary N) is 2. The van der Waals surface area contributed by atoms with Crippen LogP contribution in [0.4, 0.5) is 0 Å². The van der Waals surface area contributed by atoms with Crippen molar-refractivity contribution in [2.75, 3.05) is 20.1 Å². The molecule has 1 amide bonds. The minimum Gasteiger partial charge on any atom is -0.355 e. The monoisotopic (exact) mass is 338 g/mol. The molecule has 0 aliphatic heterocycles. The molecule has 0 unspecified atom stereocenters. The molecule has 3 nitrogen and oxygen atoms in total. The Morgan fingerprint density at radius 3 is 2.55 bits per heavy atom. The molecule has 20 heavy (non-hydrogen) atoms. The van der Waals surface area contributed by atoms with Crippen molar-refractivity contribution in [3.8, 4) is 0 Å². The predicted octanol–water partition coefficient (Wildman–Crippen LogP) is 2.99. The molecule has 1 aliphatic rings. The van der Waals surface area contributed by atoms with Gasteiger partial charge in [0.2, 0.25) is 5.91 Å². The molecule has 2 rings (SSSR count). The van der Waals surface area contributed by atoms with Gasteiger partial charge in [-0.15, -0.1) is 0 Å². The third-order valence-electron chi connectivity index (χ3n) is 4.22. The Hall–Kier alpha value is -0.870. The number of benzene rings is 1. The van der Waals surface area contributed by atoms with Crippen molar-refractivity contribution in [2.24, 2.45) is 0 Å². The Kier molecular flexibility index (Phi) is 5.61. The summed E-state index contributed by atoms with van der Waals surface area (Å²) in [5, 5.41) is 6.18. The fourth-order valence-electron chi connectivity index (χ4n) is 2.76. The lowest BCUT2D eigenvalue weighted by Gasteiger charge is -2.42. The average molecular weight is 339 g/mol. The summed E-state index contributed by atoms with van der Waals surface area (Å²) in [5.74, 6) is 0.170. The van der Waals surface area contributed by atoms with Crippen LogP contribution in [0.5, 0.6) is 0 Å². The average Bonchev–Trinajstić information content (AvgIpc) is 2.40. The molecule has 0 radical (unpaired) electrons. The standard InChI is InChI=1S/C16H23BrN2O/c1-18-11-2-4-15(20)19-12-16(9-3-10-16)13-5-7-14(17)8-6-13/h5-8,18H,2-4,9-12H2,1H3,(H,19,20). The largest absolute Gasteiger partial charge is 0.355 e. The van der Waals surface area contributed by atoms with E-state index in [9.17, 15) is 4.79 Å². The van der Waals surface area contributed by atoms with Crippen LogP contribution in [-0.2, 0) is 10.2 Å². The van der Waals surface area contributed by atoms with E-state index in [0.717, 1.165) is 24.0 Å². The van der Waals surface area contributed by atoms with E-state index in [-0.39, 0.29) is 11.3 Å². The van der Waals surface area contributed by atoms with Crippen LogP contribution < -0.4 is 10.6 Å². The summed E-state index contributed by atoms with van der Waals surface area (Å²) < 4.78 is 1.10. The van der Waals surface area contributed by atoms with Crippen molar-refractivity contribution in [1.82, 2.24) is 10.6 Å². The second-order valence-electron chi connectivity index (χ2n) is 5.62. The molecule has 0 spiro atoms. The van der Waals surface area contributed by atoms with Crippen LogP contribution in [0.3, 0.4) is 0 Å². The van der Waals surface area contributed by atoms with Gasteiger partial charge in [0.05, 0.1) is 0 Å². The molecule has 1 aromatic carbocycles. The van der Waals surface area contributed by atoms with Crippen LogP contribution in [-0.4, -0.2) is 26.0 Å². The van der Waals surface area contributed by atoms with Gasteiger partial charge in [0.15, 0.2) is 0 Å². The summed E-state index contributed by atoms with van der Waals surface area (Å²) in [7, 11) is 1.91. The molecular weight excluding hydrogens is 316 g/mol. The van der Waals surface area contributed by atoms with E-state index in [4.69, 9.17) is 0 Å². The second kappa shape index (κ2) is 7.23. The quantitative estimate of drug-likeness (QED) is 0.750. The summed E-state index contributed by atoms with van der Waals surface area (Å²) in [6.45, 7) is 1.66. The van der Waals surface area contributed by atoms with Gasteiger partial charge in [0.25, 0.3) is 0 Å². The number of amides is 1. The molecule has 1 aliphatic carbocycles. The van der Waals surface area contributed by atoms with Gasteiger partial charge in [-0.05, 0) is 50.6 Å². The number of hydrogen-bond acceptors (Lipinski definition) is 2. The molecular formula is C16H23BrN2O. The number of hydrogen-bond donors (Lipinski definition) is 2. The van der Waals surface area contributed by atoms with E-state index in [1.54, 1.807) is 0 Å².